The van der Waals surface area contributed by atoms with Crippen molar-refractivity contribution in [2.75, 3.05) is 18.4 Å². The monoisotopic (exact) mass is 339 g/mol. The van der Waals surface area contributed by atoms with Crippen molar-refractivity contribution >= 4 is 22.9 Å². The normalized spacial score (nSPS) is 27.0. The molecule has 7 heteroatoms. The highest BCUT2D eigenvalue weighted by atomic mass is 32.1. The molecule has 4 rings (SSSR count). The molecule has 0 bridgehead atoms. The van der Waals surface area contributed by atoms with Crippen molar-refractivity contribution in [2.45, 2.75) is 25.3 Å². The maximum absolute atomic E-state index is 12.8. The smallest absolute Gasteiger partial charge is 0.237 e. The average molecular weight is 339 g/mol. The van der Waals surface area contributed by atoms with E-state index in [0.29, 0.717) is 13.1 Å². The third-order valence-electron chi connectivity index (χ3n) is 5.13. The minimum Gasteiger partial charge on any atom is -0.325 e. The summed E-state index contributed by atoms with van der Waals surface area (Å²) in [6.45, 7) is 5.07. The van der Waals surface area contributed by atoms with Crippen LogP contribution in [-0.4, -0.2) is 34.1 Å². The number of para-hydroxylation sites is 1. The van der Waals surface area contributed by atoms with Crippen molar-refractivity contribution in [3.8, 4) is 6.07 Å². The van der Waals surface area contributed by atoms with E-state index in [4.69, 9.17) is 0 Å². The Morgan fingerprint density at radius 3 is 2.96 bits per heavy atom. The Balaban J connectivity index is 1.73. The lowest BCUT2D eigenvalue weighted by molar-refractivity contribution is -0.121. The van der Waals surface area contributed by atoms with Gasteiger partial charge in [-0.3, -0.25) is 9.69 Å². The molecule has 3 heterocycles. The number of nitrogens with one attached hydrogen (secondary N) is 1. The largest absolute Gasteiger partial charge is 0.325 e. The van der Waals surface area contributed by atoms with Crippen LogP contribution in [0.3, 0.4) is 0 Å². The number of nitrogens with zero attached hydrogens (tertiary/aromatic N) is 4. The fraction of sp³-hybridized carbons (Fsp3) is 0.412. The molecule has 1 aromatic carbocycles. The second kappa shape index (κ2) is 5.36. The number of likely N-dealkylation sites (tertiary alicyclic amines) is 1. The van der Waals surface area contributed by atoms with Gasteiger partial charge in [0.25, 0.3) is 0 Å². The molecule has 2 aromatic rings. The number of nitriles is 1. The van der Waals surface area contributed by atoms with Crippen molar-refractivity contribution in [1.82, 2.24) is 15.1 Å². The highest BCUT2D eigenvalue weighted by Crippen LogP contribution is 2.48. The molecule has 1 fully saturated rings. The summed E-state index contributed by atoms with van der Waals surface area (Å²) in [5.74, 6) is -0.448. The van der Waals surface area contributed by atoms with E-state index in [-0.39, 0.29) is 17.9 Å². The Bertz CT molecular complexity index is 857. The predicted octanol–water partition coefficient (Wildman–Crippen LogP) is 2.25. The van der Waals surface area contributed by atoms with Gasteiger partial charge in [0, 0.05) is 18.8 Å². The number of amides is 1. The van der Waals surface area contributed by atoms with Gasteiger partial charge in [0.15, 0.2) is 0 Å². The zero-order chi connectivity index (χ0) is 16.9. The molecule has 1 N–H and O–H groups in total. The number of carbonyl (C=O) groups excluding carboxylic acids is 1. The van der Waals surface area contributed by atoms with Gasteiger partial charge < -0.3 is 5.32 Å². The molecule has 3 atom stereocenters. The lowest BCUT2D eigenvalue weighted by Gasteiger charge is -2.26. The summed E-state index contributed by atoms with van der Waals surface area (Å²) in [6, 6.07) is 10.1. The van der Waals surface area contributed by atoms with Gasteiger partial charge in [-0.2, -0.15) is 5.26 Å². The van der Waals surface area contributed by atoms with Crippen LogP contribution in [0, 0.1) is 24.2 Å². The quantitative estimate of drug-likeness (QED) is 0.907. The molecule has 0 unspecified atom stereocenters. The number of aryl methyl sites for hydroxylation is 1. The molecule has 1 saturated heterocycles. The van der Waals surface area contributed by atoms with Gasteiger partial charge in [0.2, 0.25) is 5.91 Å². The fourth-order valence-electron chi connectivity index (χ4n) is 3.81. The number of hydrogen-bond donors (Lipinski definition) is 1. The molecule has 1 aromatic heterocycles. The molecule has 1 spiro atoms. The number of hydrogen-bond acceptors (Lipinski definition) is 6. The summed E-state index contributed by atoms with van der Waals surface area (Å²) < 4.78 is 0. The number of rotatable bonds is 2. The van der Waals surface area contributed by atoms with Crippen molar-refractivity contribution < 1.29 is 4.79 Å². The molecule has 0 radical (unpaired) electrons. The lowest BCUT2D eigenvalue weighted by Crippen LogP contribution is -2.42. The summed E-state index contributed by atoms with van der Waals surface area (Å²) >= 11 is 1.56. The minimum absolute atomic E-state index is 0.0342. The predicted molar refractivity (Wildman–Crippen MR) is 90.5 cm³/mol. The molecular weight excluding hydrogens is 322 g/mol. The van der Waals surface area contributed by atoms with E-state index in [0.717, 1.165) is 21.3 Å². The van der Waals surface area contributed by atoms with E-state index in [2.05, 4.69) is 33.4 Å². The van der Waals surface area contributed by atoms with Gasteiger partial charge in [0.05, 0.1) is 18.0 Å². The van der Waals surface area contributed by atoms with E-state index in [1.807, 2.05) is 31.2 Å². The zero-order valence-electron chi connectivity index (χ0n) is 13.5. The van der Waals surface area contributed by atoms with Crippen LogP contribution in [0.15, 0.2) is 24.3 Å². The van der Waals surface area contributed by atoms with Crippen LogP contribution >= 0.6 is 11.3 Å². The van der Waals surface area contributed by atoms with Crippen molar-refractivity contribution in [2.24, 2.45) is 5.92 Å². The molecule has 0 aliphatic carbocycles. The number of fused-ring (bicyclic) bond motifs is 2. The van der Waals surface area contributed by atoms with Gasteiger partial charge >= 0.3 is 0 Å². The van der Waals surface area contributed by atoms with Gasteiger partial charge in [-0.1, -0.05) is 18.2 Å². The van der Waals surface area contributed by atoms with Crippen molar-refractivity contribution in [3.63, 3.8) is 0 Å². The summed E-state index contributed by atoms with van der Waals surface area (Å²) in [7, 11) is 0. The van der Waals surface area contributed by atoms with Crippen LogP contribution in [0.5, 0.6) is 0 Å². The standard InChI is InChI=1S/C17H17N5OS/c1-10(15-21-20-11(2)24-15)22-8-12(7-18)17(9-22)13-5-3-4-6-14(13)19-16(17)23/h3-6,10,12H,8-9H2,1-2H3,(H,19,23)/t10-,12-,17-/m0/s1. The van der Waals surface area contributed by atoms with E-state index in [9.17, 15) is 10.1 Å². The second-order valence-electron chi connectivity index (χ2n) is 6.42. The van der Waals surface area contributed by atoms with Crippen LogP contribution < -0.4 is 5.32 Å². The Morgan fingerprint density at radius 1 is 1.46 bits per heavy atom. The van der Waals surface area contributed by atoms with Gasteiger partial charge in [-0.05, 0) is 25.5 Å². The lowest BCUT2D eigenvalue weighted by atomic mass is 9.74. The maximum Gasteiger partial charge on any atom is 0.237 e. The van der Waals surface area contributed by atoms with Crippen LogP contribution in [0.2, 0.25) is 0 Å². The molecule has 24 heavy (non-hydrogen) atoms. The molecule has 1 amide bonds. The number of carbonyl (C=O) groups is 1. The van der Waals surface area contributed by atoms with E-state index < -0.39 is 5.41 Å². The molecular formula is C17H17N5OS. The first-order chi connectivity index (χ1) is 11.6. The summed E-state index contributed by atoms with van der Waals surface area (Å²) in [5, 5.41) is 22.8. The zero-order valence-corrected chi connectivity index (χ0v) is 14.3. The van der Waals surface area contributed by atoms with Gasteiger partial charge in [-0.25, -0.2) is 0 Å². The summed E-state index contributed by atoms with van der Waals surface area (Å²) in [6.07, 6.45) is 0. The summed E-state index contributed by atoms with van der Waals surface area (Å²) in [4.78, 5) is 15.0. The van der Waals surface area contributed by atoms with E-state index >= 15 is 0 Å². The Morgan fingerprint density at radius 2 is 2.25 bits per heavy atom. The van der Waals surface area contributed by atoms with Crippen LogP contribution in [0.25, 0.3) is 0 Å². The van der Waals surface area contributed by atoms with Crippen LogP contribution in [-0.2, 0) is 10.2 Å². The topological polar surface area (TPSA) is 81.9 Å². The van der Waals surface area contributed by atoms with Crippen LogP contribution in [0.4, 0.5) is 5.69 Å². The van der Waals surface area contributed by atoms with E-state index in [1.165, 1.54) is 0 Å². The second-order valence-corrected chi connectivity index (χ2v) is 7.63. The first-order valence-corrected chi connectivity index (χ1v) is 8.72. The van der Waals surface area contributed by atoms with Gasteiger partial charge in [-0.15, -0.1) is 21.5 Å². The molecule has 2 aliphatic heterocycles. The molecule has 122 valence electrons. The molecule has 0 saturated carbocycles. The Labute approximate surface area is 144 Å². The number of aromatic nitrogens is 2. The Kier molecular flexibility index (Phi) is 3.41. The summed E-state index contributed by atoms with van der Waals surface area (Å²) in [5.41, 5.74) is 0.966. The minimum atomic E-state index is -0.792. The Hall–Kier alpha value is -2.30. The first kappa shape index (κ1) is 15.2. The first-order valence-electron chi connectivity index (χ1n) is 7.91. The maximum atomic E-state index is 12.8. The number of benzene rings is 1. The fourth-order valence-corrected chi connectivity index (χ4v) is 4.59. The SMILES string of the molecule is Cc1nnc([C@H](C)N2C[C@H](C#N)[C@]3(C2)C(=O)Nc2ccccc23)s1. The molecule has 6 nitrogen and oxygen atoms in total. The highest BCUT2D eigenvalue weighted by molar-refractivity contribution is 7.11. The number of anilines is 1. The highest BCUT2D eigenvalue weighted by Gasteiger charge is 2.58. The average Bonchev–Trinajstić information content (AvgIpc) is 3.25. The molecule has 2 aliphatic rings. The third-order valence-corrected chi connectivity index (χ3v) is 6.14. The van der Waals surface area contributed by atoms with Crippen molar-refractivity contribution in [1.29, 1.82) is 5.26 Å². The third kappa shape index (κ3) is 2.00. The van der Waals surface area contributed by atoms with E-state index in [1.54, 1.807) is 11.3 Å². The van der Waals surface area contributed by atoms with Gasteiger partial charge in [0.1, 0.15) is 15.4 Å². The van der Waals surface area contributed by atoms with Crippen molar-refractivity contribution in [3.05, 3.63) is 39.8 Å². The van der Waals surface area contributed by atoms with Crippen LogP contribution in [0.1, 0.15) is 28.5 Å².